The first-order valence-corrected chi connectivity index (χ1v) is 6.63. The highest BCUT2D eigenvalue weighted by atomic mass is 16.5. The molecule has 0 heterocycles. The van der Waals surface area contributed by atoms with Gasteiger partial charge < -0.3 is 10.1 Å². The molecule has 1 amide bonds. The Hall–Kier alpha value is -1.51. The predicted octanol–water partition coefficient (Wildman–Crippen LogP) is 3.11. The van der Waals surface area contributed by atoms with Crippen LogP contribution in [0.2, 0.25) is 0 Å². The molecule has 1 aromatic rings. The summed E-state index contributed by atoms with van der Waals surface area (Å²) >= 11 is 0. The molecule has 100 valence electrons. The first-order valence-electron chi connectivity index (χ1n) is 6.63. The summed E-state index contributed by atoms with van der Waals surface area (Å²) in [6, 6.07) is 7.90. The Morgan fingerprint density at radius 2 is 2.17 bits per heavy atom. The Bertz CT molecular complexity index is 375. The zero-order valence-corrected chi connectivity index (χ0v) is 11.5. The summed E-state index contributed by atoms with van der Waals surface area (Å²) in [5, 5.41) is 2.83. The molecule has 0 spiro atoms. The van der Waals surface area contributed by atoms with E-state index in [1.807, 2.05) is 18.2 Å². The number of benzene rings is 1. The summed E-state index contributed by atoms with van der Waals surface area (Å²) in [6.45, 7) is 7.18. The molecule has 1 N–H and O–H groups in total. The Kier molecular flexibility index (Phi) is 6.26. The number of carbonyl (C=O) groups excluding carboxylic acids is 1. The van der Waals surface area contributed by atoms with Crippen molar-refractivity contribution in [2.45, 2.75) is 39.5 Å². The van der Waals surface area contributed by atoms with Gasteiger partial charge in [0.05, 0.1) is 0 Å². The van der Waals surface area contributed by atoms with Crippen LogP contribution in [0.1, 0.15) is 45.1 Å². The molecular formula is C15H23NO2. The molecule has 0 radical (unpaired) electrons. The summed E-state index contributed by atoms with van der Waals surface area (Å²) in [5.74, 6) is 1.16. The summed E-state index contributed by atoms with van der Waals surface area (Å²) in [4.78, 5) is 11.5. The van der Waals surface area contributed by atoms with E-state index in [1.165, 1.54) is 5.56 Å². The molecule has 0 aliphatic carbocycles. The van der Waals surface area contributed by atoms with E-state index in [0.29, 0.717) is 5.92 Å². The third-order valence-corrected chi connectivity index (χ3v) is 2.75. The maximum Gasteiger partial charge on any atom is 0.257 e. The normalized spacial score (nSPS) is 10.4. The Labute approximate surface area is 110 Å². The minimum Gasteiger partial charge on any atom is -0.484 e. The smallest absolute Gasteiger partial charge is 0.257 e. The maximum atomic E-state index is 11.5. The molecule has 0 aliphatic rings. The molecule has 3 nitrogen and oxygen atoms in total. The van der Waals surface area contributed by atoms with Crippen LogP contribution in [0.4, 0.5) is 0 Å². The highest BCUT2D eigenvalue weighted by Gasteiger charge is 2.04. The van der Waals surface area contributed by atoms with Crippen molar-refractivity contribution in [1.29, 1.82) is 0 Å². The van der Waals surface area contributed by atoms with Crippen LogP contribution in [0, 0.1) is 0 Å². The van der Waals surface area contributed by atoms with Crippen molar-refractivity contribution >= 4 is 5.91 Å². The van der Waals surface area contributed by atoms with Crippen molar-refractivity contribution in [2.24, 2.45) is 0 Å². The van der Waals surface area contributed by atoms with Gasteiger partial charge in [0, 0.05) is 6.54 Å². The number of ether oxygens (including phenoxy) is 1. The fraction of sp³-hybridized carbons (Fsp3) is 0.533. The molecule has 18 heavy (non-hydrogen) atoms. The number of hydrogen-bond acceptors (Lipinski definition) is 2. The zero-order valence-electron chi connectivity index (χ0n) is 11.5. The zero-order chi connectivity index (χ0) is 13.4. The van der Waals surface area contributed by atoms with Crippen LogP contribution in [0.5, 0.6) is 5.75 Å². The van der Waals surface area contributed by atoms with Crippen LogP contribution in [0.15, 0.2) is 24.3 Å². The molecule has 0 saturated heterocycles. The van der Waals surface area contributed by atoms with E-state index in [2.05, 4.69) is 32.2 Å². The second-order valence-electron chi connectivity index (χ2n) is 4.72. The second kappa shape index (κ2) is 7.75. The van der Waals surface area contributed by atoms with Crippen LogP contribution in [-0.4, -0.2) is 19.1 Å². The lowest BCUT2D eigenvalue weighted by atomic mass is 10.0. The maximum absolute atomic E-state index is 11.5. The number of carbonyl (C=O) groups is 1. The highest BCUT2D eigenvalue weighted by Crippen LogP contribution is 2.19. The van der Waals surface area contributed by atoms with Crippen LogP contribution >= 0.6 is 0 Å². The van der Waals surface area contributed by atoms with Gasteiger partial charge in [-0.3, -0.25) is 4.79 Å². The van der Waals surface area contributed by atoms with Gasteiger partial charge in [-0.15, -0.1) is 0 Å². The molecule has 1 aromatic carbocycles. The molecule has 0 atom stereocenters. The molecule has 0 unspecified atom stereocenters. The van der Waals surface area contributed by atoms with Crippen molar-refractivity contribution in [1.82, 2.24) is 5.32 Å². The quantitative estimate of drug-likeness (QED) is 0.754. The highest BCUT2D eigenvalue weighted by molar-refractivity contribution is 5.77. The SMILES string of the molecule is CCCCNC(=O)COc1cccc(C(C)C)c1. The first kappa shape index (κ1) is 14.6. The summed E-state index contributed by atoms with van der Waals surface area (Å²) in [7, 11) is 0. The fourth-order valence-electron chi connectivity index (χ4n) is 1.57. The van der Waals surface area contributed by atoms with Crippen LogP contribution in [-0.2, 0) is 4.79 Å². The lowest BCUT2D eigenvalue weighted by Gasteiger charge is -2.10. The first-order chi connectivity index (χ1) is 8.63. The van der Waals surface area contributed by atoms with Gasteiger partial charge in [-0.25, -0.2) is 0 Å². The average molecular weight is 249 g/mol. The van der Waals surface area contributed by atoms with Gasteiger partial charge in [0.25, 0.3) is 5.91 Å². The summed E-state index contributed by atoms with van der Waals surface area (Å²) in [5.41, 5.74) is 1.22. The van der Waals surface area contributed by atoms with Gasteiger partial charge in [-0.2, -0.15) is 0 Å². The second-order valence-corrected chi connectivity index (χ2v) is 4.72. The van der Waals surface area contributed by atoms with E-state index < -0.39 is 0 Å². The van der Waals surface area contributed by atoms with E-state index in [1.54, 1.807) is 0 Å². The van der Waals surface area contributed by atoms with Gasteiger partial charge in [-0.1, -0.05) is 39.3 Å². The van der Waals surface area contributed by atoms with E-state index >= 15 is 0 Å². The molecule has 0 bridgehead atoms. The van der Waals surface area contributed by atoms with Crippen molar-refractivity contribution in [3.8, 4) is 5.75 Å². The lowest BCUT2D eigenvalue weighted by molar-refractivity contribution is -0.123. The van der Waals surface area contributed by atoms with Crippen molar-refractivity contribution < 1.29 is 9.53 Å². The van der Waals surface area contributed by atoms with E-state index in [-0.39, 0.29) is 12.5 Å². The Morgan fingerprint density at radius 1 is 1.39 bits per heavy atom. The van der Waals surface area contributed by atoms with Crippen LogP contribution in [0.3, 0.4) is 0 Å². The number of unbranched alkanes of at least 4 members (excludes halogenated alkanes) is 1. The number of nitrogens with one attached hydrogen (secondary N) is 1. The van der Waals surface area contributed by atoms with E-state index in [9.17, 15) is 4.79 Å². The molecule has 0 aliphatic heterocycles. The number of rotatable bonds is 7. The Morgan fingerprint density at radius 3 is 2.83 bits per heavy atom. The number of amides is 1. The van der Waals surface area contributed by atoms with Gasteiger partial charge in [-0.05, 0) is 30.0 Å². The van der Waals surface area contributed by atoms with Crippen LogP contribution in [0.25, 0.3) is 0 Å². The van der Waals surface area contributed by atoms with Crippen molar-refractivity contribution in [3.63, 3.8) is 0 Å². The fourth-order valence-corrected chi connectivity index (χ4v) is 1.57. The van der Waals surface area contributed by atoms with Gasteiger partial charge in [0.2, 0.25) is 0 Å². The molecule has 0 fully saturated rings. The minimum absolute atomic E-state index is 0.0570. The molecule has 3 heteroatoms. The van der Waals surface area contributed by atoms with E-state index in [0.717, 1.165) is 25.1 Å². The standard InChI is InChI=1S/C15H23NO2/c1-4-5-9-16-15(17)11-18-14-8-6-7-13(10-14)12(2)3/h6-8,10,12H,4-5,9,11H2,1-3H3,(H,16,17). The minimum atomic E-state index is -0.0570. The largest absolute Gasteiger partial charge is 0.484 e. The van der Waals surface area contributed by atoms with Gasteiger partial charge in [0.1, 0.15) is 5.75 Å². The number of hydrogen-bond donors (Lipinski definition) is 1. The van der Waals surface area contributed by atoms with E-state index in [4.69, 9.17) is 4.74 Å². The monoisotopic (exact) mass is 249 g/mol. The summed E-state index contributed by atoms with van der Waals surface area (Å²) in [6.07, 6.45) is 2.09. The molecular weight excluding hydrogens is 226 g/mol. The van der Waals surface area contributed by atoms with Gasteiger partial charge in [0.15, 0.2) is 6.61 Å². The third-order valence-electron chi connectivity index (χ3n) is 2.75. The lowest BCUT2D eigenvalue weighted by Crippen LogP contribution is -2.29. The predicted molar refractivity (Wildman–Crippen MR) is 73.9 cm³/mol. The average Bonchev–Trinajstić information content (AvgIpc) is 2.37. The summed E-state index contributed by atoms with van der Waals surface area (Å²) < 4.78 is 5.48. The van der Waals surface area contributed by atoms with Gasteiger partial charge >= 0.3 is 0 Å². The van der Waals surface area contributed by atoms with Crippen molar-refractivity contribution in [2.75, 3.05) is 13.2 Å². The Balaban J connectivity index is 2.38. The molecule has 1 rings (SSSR count). The van der Waals surface area contributed by atoms with Crippen molar-refractivity contribution in [3.05, 3.63) is 29.8 Å². The third kappa shape index (κ3) is 5.21. The topological polar surface area (TPSA) is 38.3 Å². The van der Waals surface area contributed by atoms with Crippen LogP contribution < -0.4 is 10.1 Å². The molecule has 0 saturated carbocycles. The molecule has 0 aromatic heterocycles.